The minimum atomic E-state index is -0.0584. The molecule has 2 aliphatic rings. The smallest absolute Gasteiger partial charge is 0.327 e. The molecule has 3 aromatic rings. The Bertz CT molecular complexity index is 971. The zero-order chi connectivity index (χ0) is 18.2. The maximum Gasteiger partial charge on any atom is 0.327 e. The lowest BCUT2D eigenvalue weighted by Crippen LogP contribution is -2.41. The molecule has 0 fully saturated rings. The predicted octanol–water partition coefficient (Wildman–Crippen LogP) is 6.08. The van der Waals surface area contributed by atoms with Gasteiger partial charge >= 0.3 is 6.03 Å². The van der Waals surface area contributed by atoms with Gasteiger partial charge in [-0.15, -0.1) is 0 Å². The summed E-state index contributed by atoms with van der Waals surface area (Å²) in [4.78, 5) is 17.5. The van der Waals surface area contributed by atoms with Crippen molar-refractivity contribution in [2.24, 2.45) is 0 Å². The quantitative estimate of drug-likeness (QED) is 0.562. The summed E-state index contributed by atoms with van der Waals surface area (Å²) in [6.45, 7) is 0. The molecule has 1 atom stereocenters. The number of fused-ring (bicyclic) bond motifs is 3. The number of anilines is 2. The van der Waals surface area contributed by atoms with E-state index in [0.29, 0.717) is 0 Å². The summed E-state index contributed by atoms with van der Waals surface area (Å²) in [7, 11) is 0. The van der Waals surface area contributed by atoms with Crippen LogP contribution in [0.4, 0.5) is 16.2 Å². The van der Waals surface area contributed by atoms with E-state index in [1.165, 1.54) is 11.1 Å². The number of hydrogen-bond acceptors (Lipinski definition) is 2. The third-order valence-electron chi connectivity index (χ3n) is 5.30. The van der Waals surface area contributed by atoms with Gasteiger partial charge in [0, 0.05) is 9.79 Å². The van der Waals surface area contributed by atoms with Gasteiger partial charge in [-0.25, -0.2) is 4.79 Å². The molecule has 0 spiro atoms. The molecule has 3 aromatic carbocycles. The normalized spacial score (nSPS) is 17.5. The molecular formula is C23H20N2OS. The summed E-state index contributed by atoms with van der Waals surface area (Å²) in [5, 5.41) is 3.30. The Labute approximate surface area is 163 Å². The first-order valence-corrected chi connectivity index (χ1v) is 10.2. The van der Waals surface area contributed by atoms with Crippen LogP contribution in [-0.2, 0) is 6.42 Å². The number of nitrogens with one attached hydrogen (secondary N) is 1. The highest BCUT2D eigenvalue weighted by atomic mass is 32.2. The Morgan fingerprint density at radius 3 is 2.26 bits per heavy atom. The first-order chi connectivity index (χ1) is 13.3. The number of amides is 2. The summed E-state index contributed by atoms with van der Waals surface area (Å²) in [5.74, 6) is 0. The van der Waals surface area contributed by atoms with Crippen LogP contribution >= 0.6 is 11.8 Å². The van der Waals surface area contributed by atoms with Crippen LogP contribution in [0.25, 0.3) is 0 Å². The van der Waals surface area contributed by atoms with Gasteiger partial charge in [0.25, 0.3) is 0 Å². The largest absolute Gasteiger partial charge is 0.331 e. The van der Waals surface area contributed by atoms with E-state index in [2.05, 4.69) is 41.7 Å². The Hall–Kier alpha value is -2.72. The fourth-order valence-corrected chi connectivity index (χ4v) is 5.10. The van der Waals surface area contributed by atoms with E-state index in [1.54, 1.807) is 11.8 Å². The second kappa shape index (κ2) is 6.78. The van der Waals surface area contributed by atoms with Gasteiger partial charge in [0.1, 0.15) is 0 Å². The van der Waals surface area contributed by atoms with Gasteiger partial charge < -0.3 is 5.32 Å². The third kappa shape index (κ3) is 2.90. The lowest BCUT2D eigenvalue weighted by Gasteiger charge is -2.33. The number of para-hydroxylation sites is 2. The minimum absolute atomic E-state index is 0.0584. The van der Waals surface area contributed by atoms with Gasteiger partial charge in [0.05, 0.1) is 17.4 Å². The van der Waals surface area contributed by atoms with Gasteiger partial charge in [0.15, 0.2) is 0 Å². The molecule has 1 aliphatic carbocycles. The SMILES string of the molecule is O=C(N[C@H]1CCCc2ccccc21)N1c2ccccc2Sc2ccccc21. The molecule has 27 heavy (non-hydrogen) atoms. The number of aryl methyl sites for hydroxylation is 1. The van der Waals surface area contributed by atoms with E-state index in [1.807, 2.05) is 41.3 Å². The highest BCUT2D eigenvalue weighted by molar-refractivity contribution is 7.99. The van der Waals surface area contributed by atoms with Crippen molar-refractivity contribution in [3.8, 4) is 0 Å². The first kappa shape index (κ1) is 16.5. The molecule has 2 amide bonds. The van der Waals surface area contributed by atoms with Crippen LogP contribution in [0.1, 0.15) is 30.0 Å². The zero-order valence-electron chi connectivity index (χ0n) is 14.9. The number of urea groups is 1. The molecule has 3 nitrogen and oxygen atoms in total. The summed E-state index contributed by atoms with van der Waals surface area (Å²) < 4.78 is 0. The number of rotatable bonds is 1. The van der Waals surface area contributed by atoms with E-state index in [9.17, 15) is 4.79 Å². The molecule has 1 aliphatic heterocycles. The van der Waals surface area contributed by atoms with Crippen molar-refractivity contribution in [1.82, 2.24) is 5.32 Å². The number of carbonyl (C=O) groups excluding carboxylic acids is 1. The molecule has 0 unspecified atom stereocenters. The van der Waals surface area contributed by atoms with Crippen molar-refractivity contribution >= 4 is 29.2 Å². The van der Waals surface area contributed by atoms with Gasteiger partial charge in [-0.2, -0.15) is 0 Å². The van der Waals surface area contributed by atoms with Crippen molar-refractivity contribution in [1.29, 1.82) is 0 Å². The first-order valence-electron chi connectivity index (χ1n) is 9.35. The van der Waals surface area contributed by atoms with E-state index < -0.39 is 0 Å². The van der Waals surface area contributed by atoms with Crippen molar-refractivity contribution < 1.29 is 4.79 Å². The van der Waals surface area contributed by atoms with Crippen LogP contribution in [0.3, 0.4) is 0 Å². The number of carbonyl (C=O) groups is 1. The second-order valence-electron chi connectivity index (χ2n) is 6.97. The van der Waals surface area contributed by atoms with Crippen molar-refractivity contribution in [2.45, 2.75) is 35.1 Å². The van der Waals surface area contributed by atoms with Crippen LogP contribution in [0.5, 0.6) is 0 Å². The third-order valence-corrected chi connectivity index (χ3v) is 6.43. The van der Waals surface area contributed by atoms with Gasteiger partial charge in [-0.05, 0) is 54.7 Å². The molecule has 0 bridgehead atoms. The standard InChI is InChI=1S/C23H20N2OS/c26-23(24-18-11-7-9-16-8-1-2-10-17(16)18)25-19-12-3-5-14-21(19)27-22-15-6-4-13-20(22)25/h1-6,8,10,12-15,18H,7,9,11H2,(H,24,26)/t18-/m0/s1. The summed E-state index contributed by atoms with van der Waals surface area (Å²) in [6.07, 6.45) is 3.17. The van der Waals surface area contributed by atoms with E-state index in [-0.39, 0.29) is 12.1 Å². The summed E-state index contributed by atoms with van der Waals surface area (Å²) in [5.41, 5.74) is 4.50. The van der Waals surface area contributed by atoms with E-state index in [4.69, 9.17) is 0 Å². The Balaban J connectivity index is 1.51. The fourth-order valence-electron chi connectivity index (χ4n) is 4.04. The lowest BCUT2D eigenvalue weighted by atomic mass is 9.88. The molecule has 4 heteroatoms. The van der Waals surface area contributed by atoms with Crippen LogP contribution in [0, 0.1) is 0 Å². The van der Waals surface area contributed by atoms with Crippen LogP contribution in [0.2, 0.25) is 0 Å². The molecule has 134 valence electrons. The number of benzene rings is 3. The zero-order valence-corrected chi connectivity index (χ0v) is 15.7. The molecular weight excluding hydrogens is 352 g/mol. The predicted molar refractivity (Wildman–Crippen MR) is 110 cm³/mol. The summed E-state index contributed by atoms with van der Waals surface area (Å²) in [6, 6.07) is 24.7. The average Bonchev–Trinajstić information content (AvgIpc) is 2.72. The topological polar surface area (TPSA) is 32.3 Å². The van der Waals surface area contributed by atoms with E-state index in [0.717, 1.165) is 40.4 Å². The molecule has 1 N–H and O–H groups in total. The van der Waals surface area contributed by atoms with Crippen molar-refractivity contribution in [3.05, 3.63) is 83.9 Å². The van der Waals surface area contributed by atoms with Gasteiger partial charge in [-0.1, -0.05) is 60.3 Å². The monoisotopic (exact) mass is 372 g/mol. The van der Waals surface area contributed by atoms with Gasteiger partial charge in [0.2, 0.25) is 0 Å². The average molecular weight is 372 g/mol. The molecule has 0 radical (unpaired) electrons. The molecule has 0 aromatic heterocycles. The van der Waals surface area contributed by atoms with Crippen molar-refractivity contribution in [2.75, 3.05) is 4.90 Å². The lowest BCUT2D eigenvalue weighted by molar-refractivity contribution is 0.243. The minimum Gasteiger partial charge on any atom is -0.331 e. The van der Waals surface area contributed by atoms with Crippen LogP contribution in [-0.4, -0.2) is 6.03 Å². The summed E-state index contributed by atoms with van der Waals surface area (Å²) >= 11 is 1.72. The van der Waals surface area contributed by atoms with Gasteiger partial charge in [-0.3, -0.25) is 4.90 Å². The Kier molecular flexibility index (Phi) is 4.13. The highest BCUT2D eigenvalue weighted by Crippen LogP contribution is 2.48. The fraction of sp³-hybridized carbons (Fsp3) is 0.174. The van der Waals surface area contributed by atoms with Crippen LogP contribution < -0.4 is 10.2 Å². The van der Waals surface area contributed by atoms with E-state index >= 15 is 0 Å². The Morgan fingerprint density at radius 1 is 0.889 bits per heavy atom. The highest BCUT2D eigenvalue weighted by Gasteiger charge is 2.30. The number of hydrogen-bond donors (Lipinski definition) is 1. The molecule has 1 heterocycles. The maximum absolute atomic E-state index is 13.4. The number of nitrogens with zero attached hydrogens (tertiary/aromatic N) is 1. The van der Waals surface area contributed by atoms with Crippen molar-refractivity contribution in [3.63, 3.8) is 0 Å². The molecule has 0 saturated carbocycles. The molecule has 0 saturated heterocycles. The molecule has 5 rings (SSSR count). The second-order valence-corrected chi connectivity index (χ2v) is 8.05. The van der Waals surface area contributed by atoms with Crippen LogP contribution in [0.15, 0.2) is 82.6 Å². The Morgan fingerprint density at radius 2 is 1.52 bits per heavy atom. The maximum atomic E-state index is 13.4.